The summed E-state index contributed by atoms with van der Waals surface area (Å²) in [4.78, 5) is 0. The third-order valence-corrected chi connectivity index (χ3v) is 1.18. The van der Waals surface area contributed by atoms with Crippen molar-refractivity contribution in [3.63, 3.8) is 0 Å². The highest BCUT2D eigenvalue weighted by Gasteiger charge is 2.31. The van der Waals surface area contributed by atoms with Gasteiger partial charge in [0.25, 0.3) is 0 Å². The second-order valence-electron chi connectivity index (χ2n) is 2.13. The van der Waals surface area contributed by atoms with Gasteiger partial charge in [-0.25, -0.2) is 0 Å². The molecule has 0 bridgehead atoms. The minimum atomic E-state index is -4.19. The quantitative estimate of drug-likeness (QED) is 0.581. The van der Waals surface area contributed by atoms with Crippen LogP contribution in [0.25, 0.3) is 0 Å². The summed E-state index contributed by atoms with van der Waals surface area (Å²) < 4.78 is 35.9. The zero-order valence-corrected chi connectivity index (χ0v) is 8.41. The molecule has 0 aliphatic rings. The van der Waals surface area contributed by atoms with E-state index in [2.05, 4.69) is 6.58 Å². The molecule has 0 nitrogen and oxygen atoms in total. The first-order chi connectivity index (χ1) is 6.02. The van der Waals surface area contributed by atoms with E-state index in [0.29, 0.717) is 6.42 Å². The van der Waals surface area contributed by atoms with Gasteiger partial charge in [-0.3, -0.25) is 0 Å². The molecule has 0 saturated carbocycles. The fraction of sp³-hybridized carbons (Fsp3) is 0.600. The van der Waals surface area contributed by atoms with Crippen molar-refractivity contribution in [2.24, 2.45) is 0 Å². The molecule has 0 atom stereocenters. The first-order valence-corrected chi connectivity index (χ1v) is 4.39. The van der Waals surface area contributed by atoms with Crippen molar-refractivity contribution in [1.29, 1.82) is 0 Å². The lowest BCUT2D eigenvalue weighted by atomic mass is 10.1. The van der Waals surface area contributed by atoms with Crippen molar-refractivity contribution in [3.8, 4) is 0 Å². The maximum Gasteiger partial charge on any atom is 0.412 e. The molecule has 0 saturated heterocycles. The lowest BCUT2D eigenvalue weighted by Crippen LogP contribution is -2.11. The fourth-order valence-corrected chi connectivity index (χ4v) is 0.717. The van der Waals surface area contributed by atoms with Gasteiger partial charge < -0.3 is 0 Å². The molecule has 0 aromatic rings. The van der Waals surface area contributed by atoms with Crippen molar-refractivity contribution >= 4 is 0 Å². The maximum absolute atomic E-state index is 12.0. The molecule has 0 aromatic carbocycles. The van der Waals surface area contributed by atoms with E-state index >= 15 is 0 Å². The first-order valence-electron chi connectivity index (χ1n) is 4.39. The van der Waals surface area contributed by atoms with Crippen molar-refractivity contribution in [1.82, 2.24) is 0 Å². The van der Waals surface area contributed by atoms with Crippen molar-refractivity contribution < 1.29 is 13.2 Å². The van der Waals surface area contributed by atoms with Gasteiger partial charge in [-0.05, 0) is 12.8 Å². The largest absolute Gasteiger partial charge is 0.412 e. The van der Waals surface area contributed by atoms with Gasteiger partial charge in [0, 0.05) is 5.57 Å². The van der Waals surface area contributed by atoms with E-state index < -0.39 is 11.7 Å². The van der Waals surface area contributed by atoms with E-state index in [1.807, 2.05) is 13.8 Å². The minimum Gasteiger partial charge on any atom is -0.166 e. The molecule has 0 N–H and O–H groups in total. The van der Waals surface area contributed by atoms with Crippen LogP contribution in [0.5, 0.6) is 0 Å². The van der Waals surface area contributed by atoms with Crippen LogP contribution in [0.3, 0.4) is 0 Å². The van der Waals surface area contributed by atoms with Gasteiger partial charge in [0.05, 0.1) is 0 Å². The SMILES string of the molecule is C=CC/C(=C\CC)C(F)(F)F.CC. The zero-order chi connectivity index (χ0) is 10.9. The van der Waals surface area contributed by atoms with Crippen LogP contribution in [0.15, 0.2) is 24.3 Å². The smallest absolute Gasteiger partial charge is 0.166 e. The molecule has 0 spiro atoms. The van der Waals surface area contributed by atoms with E-state index in [9.17, 15) is 13.2 Å². The van der Waals surface area contributed by atoms with Crippen LogP contribution in [0.2, 0.25) is 0 Å². The molecule has 0 aromatic heterocycles. The van der Waals surface area contributed by atoms with Gasteiger partial charge in [-0.2, -0.15) is 13.2 Å². The van der Waals surface area contributed by atoms with E-state index in [4.69, 9.17) is 0 Å². The van der Waals surface area contributed by atoms with E-state index in [1.165, 1.54) is 12.2 Å². The average Bonchev–Trinajstić information content (AvgIpc) is 2.06. The average molecular weight is 194 g/mol. The van der Waals surface area contributed by atoms with Crippen molar-refractivity contribution in [3.05, 3.63) is 24.3 Å². The lowest BCUT2D eigenvalue weighted by Gasteiger charge is -2.08. The minimum absolute atomic E-state index is 0.0999. The molecule has 0 radical (unpaired) electrons. The number of halogens is 3. The maximum atomic E-state index is 12.0. The van der Waals surface area contributed by atoms with Gasteiger partial charge >= 0.3 is 6.18 Å². The molecular weight excluding hydrogens is 177 g/mol. The second-order valence-corrected chi connectivity index (χ2v) is 2.13. The Morgan fingerprint density at radius 1 is 1.31 bits per heavy atom. The Balaban J connectivity index is 0. The Labute approximate surface area is 78.1 Å². The van der Waals surface area contributed by atoms with Gasteiger partial charge in [-0.15, -0.1) is 6.58 Å². The molecule has 0 unspecified atom stereocenters. The second kappa shape index (κ2) is 7.90. The van der Waals surface area contributed by atoms with Crippen LogP contribution in [-0.2, 0) is 0 Å². The fourth-order valence-electron chi connectivity index (χ4n) is 0.717. The summed E-state index contributed by atoms with van der Waals surface area (Å²) in [6.45, 7) is 8.93. The molecule has 3 heteroatoms. The number of allylic oxidation sites excluding steroid dienone is 3. The topological polar surface area (TPSA) is 0 Å². The number of alkyl halides is 3. The van der Waals surface area contributed by atoms with Gasteiger partial charge in [0.15, 0.2) is 0 Å². The first kappa shape index (κ1) is 14.8. The number of rotatable bonds is 3. The Hall–Kier alpha value is -0.730. The summed E-state index contributed by atoms with van der Waals surface area (Å²) in [7, 11) is 0. The lowest BCUT2D eigenvalue weighted by molar-refractivity contribution is -0.0931. The predicted molar refractivity (Wildman–Crippen MR) is 50.6 cm³/mol. The van der Waals surface area contributed by atoms with Crippen LogP contribution in [0.4, 0.5) is 13.2 Å². The normalized spacial score (nSPS) is 11.7. The molecule has 0 fully saturated rings. The highest BCUT2D eigenvalue weighted by Crippen LogP contribution is 2.28. The number of hydrogen-bond acceptors (Lipinski definition) is 0. The van der Waals surface area contributed by atoms with Crippen LogP contribution in [0, 0.1) is 0 Å². The molecule has 13 heavy (non-hydrogen) atoms. The Morgan fingerprint density at radius 3 is 2.00 bits per heavy atom. The van der Waals surface area contributed by atoms with Crippen molar-refractivity contribution in [2.75, 3.05) is 0 Å². The molecule has 0 heterocycles. The number of hydrogen-bond donors (Lipinski definition) is 0. The summed E-state index contributed by atoms with van der Waals surface area (Å²) in [5.74, 6) is 0. The summed E-state index contributed by atoms with van der Waals surface area (Å²) in [5, 5.41) is 0. The highest BCUT2D eigenvalue weighted by atomic mass is 19.4. The third kappa shape index (κ3) is 7.62. The third-order valence-electron chi connectivity index (χ3n) is 1.18. The van der Waals surface area contributed by atoms with Crippen LogP contribution in [-0.4, -0.2) is 6.18 Å². The van der Waals surface area contributed by atoms with Crippen LogP contribution >= 0.6 is 0 Å². The van der Waals surface area contributed by atoms with Gasteiger partial charge in [0.1, 0.15) is 0 Å². The summed E-state index contributed by atoms with van der Waals surface area (Å²) in [5.41, 5.74) is -0.505. The van der Waals surface area contributed by atoms with Crippen molar-refractivity contribution in [2.45, 2.75) is 39.8 Å². The standard InChI is InChI=1S/C8H11F3.C2H6/c1-3-5-7(6-4-2)8(9,10)11;1-2/h3,6H,1,4-5H2,2H3;1-2H3/b7-6+;. The van der Waals surface area contributed by atoms with E-state index in [-0.39, 0.29) is 6.42 Å². The summed E-state index contributed by atoms with van der Waals surface area (Å²) >= 11 is 0. The summed E-state index contributed by atoms with van der Waals surface area (Å²) in [6.07, 6.45) is -1.44. The highest BCUT2D eigenvalue weighted by molar-refractivity contribution is 5.11. The molecule has 78 valence electrons. The monoisotopic (exact) mass is 194 g/mol. The van der Waals surface area contributed by atoms with Crippen LogP contribution in [0.1, 0.15) is 33.6 Å². The molecule has 0 aliphatic heterocycles. The molecule has 0 rings (SSSR count). The zero-order valence-electron chi connectivity index (χ0n) is 8.41. The van der Waals surface area contributed by atoms with E-state index in [1.54, 1.807) is 6.92 Å². The summed E-state index contributed by atoms with van der Waals surface area (Å²) in [6, 6.07) is 0. The Kier molecular flexibility index (Phi) is 8.97. The van der Waals surface area contributed by atoms with Gasteiger partial charge in [0.2, 0.25) is 0 Å². The molecular formula is C10H17F3. The van der Waals surface area contributed by atoms with Gasteiger partial charge in [-0.1, -0.05) is 32.9 Å². The predicted octanol–water partition coefficient (Wildman–Crippen LogP) is 4.49. The Morgan fingerprint density at radius 2 is 1.77 bits per heavy atom. The molecule has 0 amide bonds. The van der Waals surface area contributed by atoms with E-state index in [0.717, 1.165) is 0 Å². The van der Waals surface area contributed by atoms with Crippen LogP contribution < -0.4 is 0 Å². The Bertz CT molecular complexity index is 154. The molecule has 0 aliphatic carbocycles.